The first kappa shape index (κ1) is 14.9. The number of hydrogen-bond acceptors (Lipinski definition) is 8. The number of aromatic nitrogens is 5. The molecule has 22 heavy (non-hydrogen) atoms. The Morgan fingerprint density at radius 3 is 2.77 bits per heavy atom. The van der Waals surface area contributed by atoms with E-state index < -0.39 is 12.7 Å². The third-order valence-electron chi connectivity index (χ3n) is 2.34. The van der Waals surface area contributed by atoms with Gasteiger partial charge in [0.2, 0.25) is 5.13 Å². The van der Waals surface area contributed by atoms with E-state index in [0.717, 1.165) is 11.3 Å². The van der Waals surface area contributed by atoms with E-state index in [0.29, 0.717) is 20.5 Å². The lowest BCUT2D eigenvalue weighted by molar-refractivity contribution is -0.115. The van der Waals surface area contributed by atoms with Crippen LogP contribution in [0.2, 0.25) is 0 Å². The van der Waals surface area contributed by atoms with Crippen LogP contribution in [0.5, 0.6) is 0 Å². The average Bonchev–Trinajstić information content (AvgIpc) is 2.92. The van der Waals surface area contributed by atoms with E-state index >= 15 is 0 Å². The number of nitrogens with zero attached hydrogens (tertiary/aromatic N) is 5. The molecule has 0 unspecified atom stereocenters. The third-order valence-corrected chi connectivity index (χ3v) is 4.21. The summed E-state index contributed by atoms with van der Waals surface area (Å²) in [5.74, 6) is 0. The zero-order valence-corrected chi connectivity index (χ0v) is 12.3. The van der Waals surface area contributed by atoms with Crippen LogP contribution >= 0.6 is 23.1 Å². The van der Waals surface area contributed by atoms with Gasteiger partial charge in [0.25, 0.3) is 0 Å². The molecule has 1 N–H and O–H groups in total. The van der Waals surface area contributed by atoms with Gasteiger partial charge < -0.3 is 5.32 Å². The van der Waals surface area contributed by atoms with Gasteiger partial charge in [-0.15, -0.1) is 10.2 Å². The van der Waals surface area contributed by atoms with Gasteiger partial charge in [-0.25, -0.2) is 9.97 Å². The molecule has 3 rings (SSSR count). The Kier molecular flexibility index (Phi) is 4.07. The summed E-state index contributed by atoms with van der Waals surface area (Å²) in [6.45, 7) is -1.14. The molecule has 0 spiro atoms. The zero-order valence-electron chi connectivity index (χ0n) is 10.7. The predicted molar refractivity (Wildman–Crippen MR) is 75.9 cm³/mol. The molecule has 0 aliphatic carbocycles. The number of pyridine rings is 1. The molecule has 0 saturated carbocycles. The van der Waals surface area contributed by atoms with E-state index in [1.54, 1.807) is 18.3 Å². The Bertz CT molecular complexity index is 791. The van der Waals surface area contributed by atoms with E-state index in [9.17, 15) is 13.2 Å². The highest BCUT2D eigenvalue weighted by Crippen LogP contribution is 2.31. The molecule has 0 radical (unpaired) electrons. The van der Waals surface area contributed by atoms with Gasteiger partial charge in [0.15, 0.2) is 9.99 Å². The molecule has 3 heterocycles. The minimum Gasteiger partial charge on any atom is -0.351 e. The smallest absolute Gasteiger partial charge is 0.351 e. The molecule has 11 heteroatoms. The monoisotopic (exact) mass is 344 g/mol. The number of rotatable bonds is 4. The number of alkyl halides is 3. The van der Waals surface area contributed by atoms with Crippen molar-refractivity contribution in [3.05, 3.63) is 24.5 Å². The summed E-state index contributed by atoms with van der Waals surface area (Å²) in [5, 5.41) is 10.4. The van der Waals surface area contributed by atoms with E-state index in [1.165, 1.54) is 18.0 Å². The fourth-order valence-electron chi connectivity index (χ4n) is 1.48. The lowest BCUT2D eigenvalue weighted by Gasteiger charge is -2.05. The first-order valence-electron chi connectivity index (χ1n) is 5.89. The molecule has 3 aromatic heterocycles. The minimum atomic E-state index is -4.29. The van der Waals surface area contributed by atoms with Gasteiger partial charge in [-0.05, 0) is 23.9 Å². The van der Waals surface area contributed by atoms with Crippen molar-refractivity contribution in [3.8, 4) is 0 Å². The van der Waals surface area contributed by atoms with Crippen LogP contribution < -0.4 is 5.32 Å². The molecular formula is C11H7F3N6S2. The van der Waals surface area contributed by atoms with Crippen molar-refractivity contribution in [1.82, 2.24) is 25.1 Å². The highest BCUT2D eigenvalue weighted by molar-refractivity contribution is 8.01. The SMILES string of the molecule is FC(F)(F)CNc1nnc(Sc2ccc3nccnc3n2)s1. The van der Waals surface area contributed by atoms with Gasteiger partial charge in [-0.1, -0.05) is 11.3 Å². The number of anilines is 1. The normalized spacial score (nSPS) is 11.8. The largest absolute Gasteiger partial charge is 0.405 e. The molecular weight excluding hydrogens is 337 g/mol. The molecule has 0 atom stereocenters. The van der Waals surface area contributed by atoms with Crippen molar-refractivity contribution in [3.63, 3.8) is 0 Å². The van der Waals surface area contributed by atoms with Crippen LogP contribution in [0.3, 0.4) is 0 Å². The van der Waals surface area contributed by atoms with Crippen molar-refractivity contribution < 1.29 is 13.2 Å². The highest BCUT2D eigenvalue weighted by atomic mass is 32.2. The summed E-state index contributed by atoms with van der Waals surface area (Å²) in [6.07, 6.45) is -1.19. The molecule has 0 amide bonds. The molecule has 0 fully saturated rings. The van der Waals surface area contributed by atoms with Gasteiger partial charge in [0.1, 0.15) is 17.1 Å². The number of halogens is 3. The second-order valence-corrected chi connectivity index (χ2v) is 6.24. The standard InChI is InChI=1S/C11H7F3N6S2/c12-11(13,14)5-17-9-19-20-10(22-9)21-7-2-1-6-8(18-7)16-4-3-15-6/h1-4H,5H2,(H,17,19). The summed E-state index contributed by atoms with van der Waals surface area (Å²) in [5.41, 5.74) is 1.16. The average molecular weight is 344 g/mol. The number of nitrogens with one attached hydrogen (secondary N) is 1. The molecule has 3 aromatic rings. The fourth-order valence-corrected chi connectivity index (χ4v) is 3.14. The predicted octanol–water partition coefficient (Wildman–Crippen LogP) is 3.00. The van der Waals surface area contributed by atoms with Gasteiger partial charge >= 0.3 is 6.18 Å². The second-order valence-electron chi connectivity index (χ2n) is 3.99. The van der Waals surface area contributed by atoms with Gasteiger partial charge in [-0.2, -0.15) is 13.2 Å². The van der Waals surface area contributed by atoms with Gasteiger partial charge in [0.05, 0.1) is 0 Å². The Balaban J connectivity index is 1.71. The third kappa shape index (κ3) is 3.80. The Hall–Kier alpha value is -2.01. The summed E-state index contributed by atoms with van der Waals surface area (Å²) < 4.78 is 36.8. The summed E-state index contributed by atoms with van der Waals surface area (Å²) in [6, 6.07) is 3.51. The number of fused-ring (bicyclic) bond motifs is 1. The van der Waals surface area contributed by atoms with E-state index in [4.69, 9.17) is 0 Å². The van der Waals surface area contributed by atoms with Crippen molar-refractivity contribution in [1.29, 1.82) is 0 Å². The van der Waals surface area contributed by atoms with Crippen LogP contribution in [0, 0.1) is 0 Å². The second kappa shape index (κ2) is 6.01. The summed E-state index contributed by atoms with van der Waals surface area (Å²) in [4.78, 5) is 12.5. The highest BCUT2D eigenvalue weighted by Gasteiger charge is 2.27. The molecule has 0 saturated heterocycles. The maximum absolute atomic E-state index is 12.1. The fraction of sp³-hybridized carbons (Fsp3) is 0.182. The molecule has 114 valence electrons. The molecule has 0 aliphatic rings. The Labute approximate surface area is 130 Å². The topological polar surface area (TPSA) is 76.5 Å². The molecule has 0 aromatic carbocycles. The Morgan fingerprint density at radius 2 is 1.95 bits per heavy atom. The van der Waals surface area contributed by atoms with Crippen LogP contribution in [-0.4, -0.2) is 37.9 Å². The maximum atomic E-state index is 12.1. The van der Waals surface area contributed by atoms with Crippen molar-refractivity contribution in [2.45, 2.75) is 15.5 Å². The van der Waals surface area contributed by atoms with Crippen LogP contribution in [0.1, 0.15) is 0 Å². The lowest BCUT2D eigenvalue weighted by Crippen LogP contribution is -2.21. The van der Waals surface area contributed by atoms with Crippen LogP contribution in [-0.2, 0) is 0 Å². The quantitative estimate of drug-likeness (QED) is 0.779. The van der Waals surface area contributed by atoms with Crippen LogP contribution in [0.4, 0.5) is 18.3 Å². The minimum absolute atomic E-state index is 0.111. The molecule has 0 bridgehead atoms. The molecule has 6 nitrogen and oxygen atoms in total. The summed E-state index contributed by atoms with van der Waals surface area (Å²) >= 11 is 2.23. The first-order chi connectivity index (χ1) is 10.5. The van der Waals surface area contributed by atoms with E-state index in [1.807, 2.05) is 0 Å². The van der Waals surface area contributed by atoms with E-state index in [2.05, 4.69) is 30.5 Å². The first-order valence-corrected chi connectivity index (χ1v) is 7.53. The van der Waals surface area contributed by atoms with Crippen molar-refractivity contribution in [2.24, 2.45) is 0 Å². The van der Waals surface area contributed by atoms with Crippen LogP contribution in [0.15, 0.2) is 33.9 Å². The summed E-state index contributed by atoms with van der Waals surface area (Å²) in [7, 11) is 0. The lowest BCUT2D eigenvalue weighted by atomic mass is 10.4. The van der Waals surface area contributed by atoms with E-state index in [-0.39, 0.29) is 5.13 Å². The number of hydrogen-bond donors (Lipinski definition) is 1. The Morgan fingerprint density at radius 1 is 1.14 bits per heavy atom. The van der Waals surface area contributed by atoms with Gasteiger partial charge in [-0.3, -0.25) is 4.98 Å². The van der Waals surface area contributed by atoms with Crippen LogP contribution in [0.25, 0.3) is 11.2 Å². The van der Waals surface area contributed by atoms with Gasteiger partial charge in [0, 0.05) is 12.4 Å². The zero-order chi connectivity index (χ0) is 15.6. The molecule has 0 aliphatic heterocycles. The van der Waals surface area contributed by atoms with Crippen molar-refractivity contribution >= 4 is 39.4 Å². The van der Waals surface area contributed by atoms with Crippen molar-refractivity contribution in [2.75, 3.05) is 11.9 Å². The maximum Gasteiger partial charge on any atom is 0.405 e.